The van der Waals surface area contributed by atoms with E-state index in [-0.39, 0.29) is 0 Å². The molecule has 0 atom stereocenters. The van der Waals surface area contributed by atoms with Gasteiger partial charge in [0.05, 0.1) is 22.6 Å². The summed E-state index contributed by atoms with van der Waals surface area (Å²) in [7, 11) is 0. The Morgan fingerprint density at radius 2 is 1.13 bits per heavy atom. The zero-order valence-corrected chi connectivity index (χ0v) is 28.6. The fourth-order valence-electron chi connectivity index (χ4n) is 7.68. The average Bonchev–Trinajstić information content (AvgIpc) is 3.79. The summed E-state index contributed by atoms with van der Waals surface area (Å²) < 4.78 is 8.76. The summed E-state index contributed by atoms with van der Waals surface area (Å²) in [5.74, 6) is 0.684. The lowest BCUT2D eigenvalue weighted by Gasteiger charge is -2.11. The molecule has 0 spiro atoms. The van der Waals surface area contributed by atoms with Crippen molar-refractivity contribution in [2.75, 3.05) is 0 Å². The Hall–Kier alpha value is -6.69. The van der Waals surface area contributed by atoms with Crippen LogP contribution < -0.4 is 0 Å². The molecule has 0 aliphatic carbocycles. The molecule has 0 aliphatic heterocycles. The van der Waals surface area contributed by atoms with Crippen molar-refractivity contribution in [3.63, 3.8) is 0 Å². The van der Waals surface area contributed by atoms with Gasteiger partial charge in [-0.25, -0.2) is 15.0 Å². The van der Waals surface area contributed by atoms with Gasteiger partial charge in [-0.2, -0.15) is 0 Å². The lowest BCUT2D eigenvalue weighted by Crippen LogP contribution is -1.96. The maximum Gasteiger partial charge on any atom is 0.160 e. The largest absolute Gasteiger partial charge is 0.456 e. The van der Waals surface area contributed by atoms with E-state index in [0.29, 0.717) is 5.82 Å². The number of para-hydroxylation sites is 2. The van der Waals surface area contributed by atoms with Gasteiger partial charge >= 0.3 is 0 Å². The summed E-state index contributed by atoms with van der Waals surface area (Å²) in [5, 5.41) is 8.12. The van der Waals surface area contributed by atoms with Crippen LogP contribution in [0, 0.1) is 0 Å². The monoisotopic (exact) mass is 681 g/mol. The quantitative estimate of drug-likeness (QED) is 0.174. The van der Waals surface area contributed by atoms with Crippen molar-refractivity contribution in [2.45, 2.75) is 0 Å². The fourth-order valence-corrected chi connectivity index (χ4v) is 8.93. The zero-order chi connectivity index (χ0) is 34.2. The first-order valence-corrected chi connectivity index (χ1v) is 18.2. The number of hydrogen-bond donors (Lipinski definition) is 0. The molecular weight excluding hydrogens is 655 g/mol. The van der Waals surface area contributed by atoms with Crippen molar-refractivity contribution >= 4 is 75.1 Å². The highest BCUT2D eigenvalue weighted by molar-refractivity contribution is 7.26. The molecule has 4 nitrogen and oxygen atoms in total. The molecule has 4 aromatic heterocycles. The number of pyridine rings is 1. The minimum absolute atomic E-state index is 0.684. The standard InChI is InChI=1S/C47H27N3OS/c1-3-12-28(13-4-1)38-27-39(33-18-11-21-41-43(33)34-17-8-10-20-40(34)51-41)50-47(49-38)30-22-25-42-36(26-30)31-23-24-35-44(46(31)52-42)32-16-7-9-19-37(32)48-45(35)29-14-5-2-6-15-29/h1-27H. The fraction of sp³-hybridized carbons (Fsp3) is 0. The number of thiophene rings is 1. The highest BCUT2D eigenvalue weighted by Gasteiger charge is 2.19. The number of furan rings is 1. The van der Waals surface area contributed by atoms with Gasteiger partial charge in [-0.3, -0.25) is 0 Å². The molecule has 242 valence electrons. The van der Waals surface area contributed by atoms with E-state index in [9.17, 15) is 0 Å². The third kappa shape index (κ3) is 4.50. The van der Waals surface area contributed by atoms with E-state index >= 15 is 0 Å². The number of aromatic nitrogens is 3. The second-order valence-electron chi connectivity index (χ2n) is 13.1. The van der Waals surface area contributed by atoms with E-state index in [2.05, 4.69) is 133 Å². The molecule has 0 amide bonds. The van der Waals surface area contributed by atoms with Crippen molar-refractivity contribution in [2.24, 2.45) is 0 Å². The van der Waals surface area contributed by atoms with Crippen LogP contribution in [0.2, 0.25) is 0 Å². The van der Waals surface area contributed by atoms with Crippen molar-refractivity contribution < 1.29 is 4.42 Å². The highest BCUT2D eigenvalue weighted by Crippen LogP contribution is 2.44. The molecule has 0 unspecified atom stereocenters. The molecule has 0 fully saturated rings. The van der Waals surface area contributed by atoms with Gasteiger partial charge in [0.1, 0.15) is 11.2 Å². The number of fused-ring (bicyclic) bond motifs is 10. The maximum absolute atomic E-state index is 6.27. The van der Waals surface area contributed by atoms with Gasteiger partial charge in [-0.1, -0.05) is 121 Å². The summed E-state index contributed by atoms with van der Waals surface area (Å²) in [6.07, 6.45) is 0. The van der Waals surface area contributed by atoms with E-state index in [4.69, 9.17) is 19.4 Å². The molecule has 52 heavy (non-hydrogen) atoms. The molecule has 4 heterocycles. The highest BCUT2D eigenvalue weighted by atomic mass is 32.1. The van der Waals surface area contributed by atoms with Gasteiger partial charge in [0.2, 0.25) is 0 Å². The summed E-state index contributed by atoms with van der Waals surface area (Å²) in [6, 6.07) is 57.0. The third-order valence-electron chi connectivity index (χ3n) is 10.1. The van der Waals surface area contributed by atoms with Gasteiger partial charge < -0.3 is 4.42 Å². The molecule has 0 saturated heterocycles. The molecule has 5 heteroatoms. The van der Waals surface area contributed by atoms with E-state index in [1.165, 1.54) is 30.9 Å². The Bertz CT molecular complexity index is 3180. The smallest absolute Gasteiger partial charge is 0.160 e. The number of benzene rings is 7. The molecule has 0 radical (unpaired) electrons. The second-order valence-corrected chi connectivity index (χ2v) is 14.2. The summed E-state index contributed by atoms with van der Waals surface area (Å²) in [6.45, 7) is 0. The van der Waals surface area contributed by atoms with Crippen molar-refractivity contribution in [3.05, 3.63) is 164 Å². The minimum Gasteiger partial charge on any atom is -0.456 e. The van der Waals surface area contributed by atoms with Crippen LogP contribution in [0.5, 0.6) is 0 Å². The molecule has 0 aliphatic rings. The van der Waals surface area contributed by atoms with Gasteiger partial charge in [-0.05, 0) is 42.5 Å². The summed E-state index contributed by atoms with van der Waals surface area (Å²) in [4.78, 5) is 15.7. The van der Waals surface area contributed by atoms with Crippen LogP contribution in [-0.2, 0) is 0 Å². The lowest BCUT2D eigenvalue weighted by molar-refractivity contribution is 0.669. The summed E-state index contributed by atoms with van der Waals surface area (Å²) in [5.41, 5.74) is 9.60. The van der Waals surface area contributed by atoms with Crippen LogP contribution in [0.3, 0.4) is 0 Å². The Morgan fingerprint density at radius 1 is 0.423 bits per heavy atom. The third-order valence-corrected chi connectivity index (χ3v) is 11.3. The lowest BCUT2D eigenvalue weighted by atomic mass is 9.98. The molecule has 7 aromatic carbocycles. The predicted molar refractivity (Wildman–Crippen MR) is 217 cm³/mol. The Morgan fingerprint density at radius 3 is 2.00 bits per heavy atom. The Balaban J connectivity index is 1.15. The van der Waals surface area contributed by atoms with Crippen LogP contribution in [-0.4, -0.2) is 15.0 Å². The summed E-state index contributed by atoms with van der Waals surface area (Å²) >= 11 is 1.84. The molecule has 11 aromatic rings. The van der Waals surface area contributed by atoms with E-state index in [1.54, 1.807) is 0 Å². The van der Waals surface area contributed by atoms with Crippen LogP contribution in [0.25, 0.3) is 109 Å². The van der Waals surface area contributed by atoms with Crippen molar-refractivity contribution in [3.8, 4) is 45.2 Å². The van der Waals surface area contributed by atoms with E-state index in [1.807, 2.05) is 41.7 Å². The number of hydrogen-bond acceptors (Lipinski definition) is 5. The topological polar surface area (TPSA) is 51.8 Å². The van der Waals surface area contributed by atoms with Gasteiger partial charge in [-0.15, -0.1) is 11.3 Å². The SMILES string of the molecule is c1ccc(-c2cc(-c3cccc4oc5ccccc5c34)nc(-c3ccc4sc5c(ccc6c(-c7ccccc7)nc7ccccc7c65)c4c3)n2)cc1. The van der Waals surface area contributed by atoms with Gasteiger partial charge in [0.15, 0.2) is 5.82 Å². The van der Waals surface area contributed by atoms with Crippen LogP contribution in [0.15, 0.2) is 168 Å². The molecular formula is C47H27N3OS. The van der Waals surface area contributed by atoms with Gasteiger partial charge in [0.25, 0.3) is 0 Å². The van der Waals surface area contributed by atoms with Gasteiger partial charge in [0, 0.05) is 69.4 Å². The van der Waals surface area contributed by atoms with E-state index in [0.717, 1.165) is 72.2 Å². The van der Waals surface area contributed by atoms with Crippen molar-refractivity contribution in [1.82, 2.24) is 15.0 Å². The second kappa shape index (κ2) is 11.4. The average molecular weight is 682 g/mol. The molecule has 0 saturated carbocycles. The van der Waals surface area contributed by atoms with Crippen LogP contribution in [0.1, 0.15) is 0 Å². The zero-order valence-electron chi connectivity index (χ0n) is 27.7. The molecule has 0 bridgehead atoms. The van der Waals surface area contributed by atoms with Crippen LogP contribution in [0.4, 0.5) is 0 Å². The Kier molecular flexibility index (Phi) is 6.39. The first-order chi connectivity index (χ1) is 25.8. The van der Waals surface area contributed by atoms with Crippen LogP contribution >= 0.6 is 11.3 Å². The first-order valence-electron chi connectivity index (χ1n) is 17.4. The maximum atomic E-state index is 6.27. The van der Waals surface area contributed by atoms with E-state index < -0.39 is 0 Å². The predicted octanol–water partition coefficient (Wildman–Crippen LogP) is 13.1. The van der Waals surface area contributed by atoms with Crippen molar-refractivity contribution in [1.29, 1.82) is 0 Å². The Labute approximate surface area is 302 Å². The first kappa shape index (κ1) is 29.1. The molecule has 0 N–H and O–H groups in total. The number of nitrogens with zero attached hydrogens (tertiary/aromatic N) is 3. The normalized spacial score (nSPS) is 11.8. The minimum atomic E-state index is 0.684. The molecule has 11 rings (SSSR count). The number of rotatable bonds is 4.